The van der Waals surface area contributed by atoms with Gasteiger partial charge in [-0.3, -0.25) is 14.6 Å². The highest BCUT2D eigenvalue weighted by molar-refractivity contribution is 6.00. The van der Waals surface area contributed by atoms with Gasteiger partial charge in [0.1, 0.15) is 12.4 Å². The Labute approximate surface area is 202 Å². The number of rotatable bonds is 7. The first kappa shape index (κ1) is 24.4. The highest BCUT2D eigenvalue weighted by atomic mass is 19.1. The van der Waals surface area contributed by atoms with Gasteiger partial charge in [0.15, 0.2) is 0 Å². The van der Waals surface area contributed by atoms with Crippen molar-refractivity contribution < 1.29 is 19.1 Å². The number of hydrogen-bond donors (Lipinski definition) is 2. The average Bonchev–Trinajstić information content (AvgIpc) is 2.88. The van der Waals surface area contributed by atoms with Crippen LogP contribution >= 0.6 is 0 Å². The molecule has 0 atom stereocenters. The zero-order valence-electron chi connectivity index (χ0n) is 19.8. The quantitative estimate of drug-likeness (QED) is 0.539. The minimum atomic E-state index is -0.424. The normalized spacial score (nSPS) is 14.1. The Kier molecular flexibility index (Phi) is 7.45. The summed E-state index contributed by atoms with van der Waals surface area (Å²) in [5, 5.41) is 12.3. The largest absolute Gasteiger partial charge is 0.408 e. The summed E-state index contributed by atoms with van der Waals surface area (Å²) in [7, 11) is 0. The van der Waals surface area contributed by atoms with Gasteiger partial charge in [0.25, 0.3) is 11.5 Å². The lowest BCUT2D eigenvalue weighted by Gasteiger charge is -2.33. The van der Waals surface area contributed by atoms with Crippen molar-refractivity contribution in [1.29, 1.82) is 0 Å². The fourth-order valence-electron chi connectivity index (χ4n) is 4.28. The van der Waals surface area contributed by atoms with E-state index in [-0.39, 0.29) is 30.9 Å². The number of hydrogen-bond acceptors (Lipinski definition) is 6. The first-order valence-corrected chi connectivity index (χ1v) is 11.6. The van der Waals surface area contributed by atoms with Crippen LogP contribution in [0.1, 0.15) is 45.9 Å². The van der Waals surface area contributed by atoms with Gasteiger partial charge in [-0.05, 0) is 62.4 Å². The highest BCUT2D eigenvalue weighted by Gasteiger charge is 2.28. The number of nitrogens with one attached hydrogen (secondary N) is 1. The van der Waals surface area contributed by atoms with Crippen LogP contribution in [0.3, 0.4) is 0 Å². The molecule has 0 radical (unpaired) electrons. The van der Waals surface area contributed by atoms with Crippen LogP contribution < -0.4 is 15.7 Å². The second-order valence-electron chi connectivity index (χ2n) is 8.66. The summed E-state index contributed by atoms with van der Waals surface area (Å²) in [5.74, 6) is -0.242. The van der Waals surface area contributed by atoms with E-state index in [0.717, 1.165) is 28.8 Å². The topological polar surface area (TPSA) is 96.7 Å². The Bertz CT molecular complexity index is 1230. The first-order chi connectivity index (χ1) is 16.9. The Morgan fingerprint density at radius 1 is 1.17 bits per heavy atom. The smallest absolute Gasteiger partial charge is 0.288 e. The minimum absolute atomic E-state index is 0.0787. The number of aryl methyl sites for hydroxylation is 1. The number of aromatic nitrogens is 2. The second kappa shape index (κ2) is 10.7. The third-order valence-corrected chi connectivity index (χ3v) is 6.27. The maximum atomic E-state index is 13.6. The second-order valence-corrected chi connectivity index (χ2v) is 8.66. The van der Waals surface area contributed by atoms with Crippen molar-refractivity contribution in [2.24, 2.45) is 0 Å². The lowest BCUT2D eigenvalue weighted by atomic mass is 9.89. The summed E-state index contributed by atoms with van der Waals surface area (Å²) < 4.78 is 14.3. The van der Waals surface area contributed by atoms with E-state index in [1.54, 1.807) is 30.2 Å². The molecular formula is C26H29FN4O4. The highest BCUT2D eigenvalue weighted by Crippen LogP contribution is 2.30. The number of benzene rings is 1. The molecule has 35 heavy (non-hydrogen) atoms. The van der Waals surface area contributed by atoms with Crippen molar-refractivity contribution in [1.82, 2.24) is 14.6 Å². The van der Waals surface area contributed by atoms with Gasteiger partial charge in [-0.15, -0.1) is 0 Å². The zero-order valence-corrected chi connectivity index (χ0v) is 19.8. The molecule has 0 spiro atoms. The van der Waals surface area contributed by atoms with E-state index in [1.807, 2.05) is 19.1 Å². The van der Waals surface area contributed by atoms with Crippen molar-refractivity contribution in [3.05, 3.63) is 87.3 Å². The Morgan fingerprint density at radius 3 is 2.51 bits per heavy atom. The third kappa shape index (κ3) is 5.51. The Hall–Kier alpha value is -3.72. The number of aliphatic hydroxyl groups excluding tert-OH is 1. The van der Waals surface area contributed by atoms with Gasteiger partial charge < -0.3 is 20.2 Å². The van der Waals surface area contributed by atoms with Crippen LogP contribution in [-0.2, 0) is 0 Å². The van der Waals surface area contributed by atoms with E-state index in [4.69, 9.17) is 9.94 Å². The number of nitrogens with zero attached hydrogens (tertiary/aromatic N) is 3. The number of likely N-dealkylation sites (tertiary alicyclic amines) is 1. The van der Waals surface area contributed by atoms with Crippen molar-refractivity contribution in [2.45, 2.75) is 32.6 Å². The number of halogens is 1. The van der Waals surface area contributed by atoms with Gasteiger partial charge in [0.2, 0.25) is 0 Å². The number of anilines is 2. The summed E-state index contributed by atoms with van der Waals surface area (Å²) in [5.41, 5.74) is 3.14. The van der Waals surface area contributed by atoms with Crippen LogP contribution in [0.25, 0.3) is 0 Å². The van der Waals surface area contributed by atoms with Gasteiger partial charge in [0, 0.05) is 24.3 Å². The standard InChI is InChI=1S/C26H29FN4O4/c1-17-3-8-22(15-28-17)29-24-18(2)25(33)31(35-14-13-32)16-23(24)26(34)30-11-9-20(10-12-30)19-4-6-21(27)7-5-19/h3-8,15-16,20,29,32H,9-14H2,1-2H3. The molecule has 3 aromatic rings. The van der Waals surface area contributed by atoms with Crippen LogP contribution in [0.2, 0.25) is 0 Å². The lowest BCUT2D eigenvalue weighted by Crippen LogP contribution is -2.40. The maximum Gasteiger partial charge on any atom is 0.288 e. The molecule has 0 saturated carbocycles. The average molecular weight is 481 g/mol. The van der Waals surface area contributed by atoms with Crippen LogP contribution in [0.4, 0.5) is 15.8 Å². The molecule has 1 aliphatic heterocycles. The number of pyridine rings is 2. The number of aliphatic hydroxyl groups is 1. The van der Waals surface area contributed by atoms with E-state index in [0.29, 0.717) is 35.6 Å². The summed E-state index contributed by atoms with van der Waals surface area (Å²) >= 11 is 0. The molecule has 3 heterocycles. The van der Waals surface area contributed by atoms with Crippen molar-refractivity contribution >= 4 is 17.3 Å². The van der Waals surface area contributed by atoms with Crippen molar-refractivity contribution in [3.8, 4) is 0 Å². The SMILES string of the molecule is Cc1ccc(Nc2c(C(=O)N3CCC(c4ccc(F)cc4)CC3)cn(OCCO)c(=O)c2C)cn1. The van der Waals surface area contributed by atoms with E-state index >= 15 is 0 Å². The molecule has 0 aliphatic carbocycles. The molecule has 1 saturated heterocycles. The molecule has 0 unspecified atom stereocenters. The van der Waals surface area contributed by atoms with E-state index < -0.39 is 5.56 Å². The molecule has 1 aromatic carbocycles. The Morgan fingerprint density at radius 2 is 1.89 bits per heavy atom. The van der Waals surface area contributed by atoms with Crippen LogP contribution in [0, 0.1) is 19.7 Å². The predicted molar refractivity (Wildman–Crippen MR) is 131 cm³/mol. The maximum absolute atomic E-state index is 13.6. The molecule has 8 nitrogen and oxygen atoms in total. The summed E-state index contributed by atoms with van der Waals surface area (Å²) in [4.78, 5) is 37.9. The summed E-state index contributed by atoms with van der Waals surface area (Å²) in [6.07, 6.45) is 4.53. The number of amides is 1. The third-order valence-electron chi connectivity index (χ3n) is 6.27. The van der Waals surface area contributed by atoms with Crippen LogP contribution in [0.15, 0.2) is 53.6 Å². The van der Waals surface area contributed by atoms with E-state index in [1.165, 1.54) is 18.3 Å². The lowest BCUT2D eigenvalue weighted by molar-refractivity contribution is 0.0641. The number of carbonyl (C=O) groups is 1. The molecule has 4 rings (SSSR count). The molecule has 1 amide bonds. The van der Waals surface area contributed by atoms with Crippen LogP contribution in [-0.4, -0.2) is 51.9 Å². The number of carbonyl (C=O) groups excluding carboxylic acids is 1. The molecule has 2 aromatic heterocycles. The van der Waals surface area contributed by atoms with Crippen molar-refractivity contribution in [3.63, 3.8) is 0 Å². The monoisotopic (exact) mass is 480 g/mol. The fraction of sp³-hybridized carbons (Fsp3) is 0.346. The molecule has 0 bridgehead atoms. The van der Waals surface area contributed by atoms with Gasteiger partial charge in [-0.2, -0.15) is 4.73 Å². The zero-order chi connectivity index (χ0) is 24.9. The van der Waals surface area contributed by atoms with E-state index in [9.17, 15) is 14.0 Å². The van der Waals surface area contributed by atoms with Gasteiger partial charge in [-0.1, -0.05) is 12.1 Å². The minimum Gasteiger partial charge on any atom is -0.408 e. The Balaban J connectivity index is 1.61. The number of piperidine rings is 1. The fourth-order valence-corrected chi connectivity index (χ4v) is 4.28. The summed E-state index contributed by atoms with van der Waals surface area (Å²) in [6, 6.07) is 10.2. The molecule has 9 heteroatoms. The first-order valence-electron chi connectivity index (χ1n) is 11.6. The molecule has 1 fully saturated rings. The van der Waals surface area contributed by atoms with E-state index in [2.05, 4.69) is 10.3 Å². The van der Waals surface area contributed by atoms with Crippen molar-refractivity contribution in [2.75, 3.05) is 31.6 Å². The van der Waals surface area contributed by atoms with Gasteiger partial charge >= 0.3 is 0 Å². The molecular weight excluding hydrogens is 451 g/mol. The molecule has 184 valence electrons. The predicted octanol–water partition coefficient (Wildman–Crippen LogP) is 3.18. The van der Waals surface area contributed by atoms with Gasteiger partial charge in [-0.25, -0.2) is 4.39 Å². The summed E-state index contributed by atoms with van der Waals surface area (Å²) in [6.45, 7) is 4.22. The van der Waals surface area contributed by atoms with Crippen LogP contribution in [0.5, 0.6) is 0 Å². The molecule has 1 aliphatic rings. The van der Waals surface area contributed by atoms with Gasteiger partial charge in [0.05, 0.1) is 35.9 Å². The molecule has 2 N–H and O–H groups in total.